The number of nitrogens with zero attached hydrogens (tertiary/aromatic N) is 2. The maximum absolute atomic E-state index is 4.75. The van der Waals surface area contributed by atoms with Crippen LogP contribution in [0.5, 0.6) is 0 Å². The Hall–Kier alpha value is -1.74. The van der Waals surface area contributed by atoms with E-state index in [0.717, 1.165) is 30.2 Å². The third-order valence-corrected chi connectivity index (χ3v) is 3.84. The van der Waals surface area contributed by atoms with Gasteiger partial charge in [0.05, 0.1) is 5.69 Å². The first kappa shape index (κ1) is 13.3. The number of aromatic nitrogens is 2. The lowest BCUT2D eigenvalue weighted by Crippen LogP contribution is -2.24. The van der Waals surface area contributed by atoms with Gasteiger partial charge in [-0.25, -0.2) is 9.97 Å². The van der Waals surface area contributed by atoms with E-state index in [9.17, 15) is 0 Å². The Balaban J connectivity index is 1.87. The molecule has 1 aliphatic rings. The second-order valence-corrected chi connectivity index (χ2v) is 5.67. The fraction of sp³-hybridized carbons (Fsp3) is 0.412. The number of rotatable bonds is 3. The van der Waals surface area contributed by atoms with Gasteiger partial charge in [-0.3, -0.25) is 0 Å². The van der Waals surface area contributed by atoms with Crippen LogP contribution >= 0.6 is 0 Å². The molecule has 3 rings (SSSR count). The molecule has 1 aromatic heterocycles. The minimum Gasteiger partial charge on any atom is -0.314 e. The minimum absolute atomic E-state index is 0.544. The van der Waals surface area contributed by atoms with Gasteiger partial charge in [-0.1, -0.05) is 29.8 Å². The van der Waals surface area contributed by atoms with Gasteiger partial charge in [-0.15, -0.1) is 0 Å². The average Bonchev–Trinajstić information content (AvgIpc) is 2.91. The van der Waals surface area contributed by atoms with E-state index in [1.54, 1.807) is 0 Å². The SMILES string of the molecule is Cc1ccc(-c2cc(C)nc(CC3CCCN3)n2)cc1. The molecule has 0 amide bonds. The first-order chi connectivity index (χ1) is 9.70. The van der Waals surface area contributed by atoms with Crippen LogP contribution in [-0.4, -0.2) is 22.6 Å². The molecule has 1 saturated heterocycles. The Kier molecular flexibility index (Phi) is 3.79. The van der Waals surface area contributed by atoms with E-state index in [-0.39, 0.29) is 0 Å². The zero-order chi connectivity index (χ0) is 13.9. The molecule has 1 unspecified atom stereocenters. The van der Waals surface area contributed by atoms with Crippen molar-refractivity contribution in [2.75, 3.05) is 6.54 Å². The molecule has 0 radical (unpaired) electrons. The summed E-state index contributed by atoms with van der Waals surface area (Å²) >= 11 is 0. The van der Waals surface area contributed by atoms with Crippen molar-refractivity contribution >= 4 is 0 Å². The van der Waals surface area contributed by atoms with Gasteiger partial charge < -0.3 is 5.32 Å². The number of aryl methyl sites for hydroxylation is 2. The lowest BCUT2D eigenvalue weighted by molar-refractivity contribution is 0.584. The van der Waals surface area contributed by atoms with Gasteiger partial charge in [0, 0.05) is 23.7 Å². The third kappa shape index (κ3) is 3.05. The molecule has 1 atom stereocenters. The van der Waals surface area contributed by atoms with E-state index in [1.165, 1.54) is 24.0 Å². The summed E-state index contributed by atoms with van der Waals surface area (Å²) < 4.78 is 0. The van der Waals surface area contributed by atoms with Crippen molar-refractivity contribution in [1.82, 2.24) is 15.3 Å². The smallest absolute Gasteiger partial charge is 0.130 e. The molecule has 3 heteroatoms. The standard InChI is InChI=1S/C17H21N3/c1-12-5-7-14(8-6-12)16-10-13(2)19-17(20-16)11-15-4-3-9-18-15/h5-8,10,15,18H,3-4,9,11H2,1-2H3. The molecule has 0 aliphatic carbocycles. The topological polar surface area (TPSA) is 37.8 Å². The van der Waals surface area contributed by atoms with Crippen LogP contribution in [0.1, 0.15) is 29.9 Å². The van der Waals surface area contributed by atoms with E-state index in [4.69, 9.17) is 4.98 Å². The zero-order valence-corrected chi connectivity index (χ0v) is 12.2. The molecule has 0 spiro atoms. The lowest BCUT2D eigenvalue weighted by atomic mass is 10.1. The van der Waals surface area contributed by atoms with Crippen molar-refractivity contribution in [3.8, 4) is 11.3 Å². The van der Waals surface area contributed by atoms with Crippen LogP contribution < -0.4 is 5.32 Å². The second-order valence-electron chi connectivity index (χ2n) is 5.67. The molecular weight excluding hydrogens is 246 g/mol. The summed E-state index contributed by atoms with van der Waals surface area (Å²) in [5.41, 5.74) is 4.52. The van der Waals surface area contributed by atoms with Gasteiger partial charge in [0.25, 0.3) is 0 Å². The van der Waals surface area contributed by atoms with E-state index in [2.05, 4.69) is 47.6 Å². The summed E-state index contributed by atoms with van der Waals surface area (Å²) in [7, 11) is 0. The molecule has 1 aromatic carbocycles. The molecule has 2 heterocycles. The second kappa shape index (κ2) is 5.71. The van der Waals surface area contributed by atoms with Crippen molar-refractivity contribution < 1.29 is 0 Å². The Morgan fingerprint density at radius 2 is 1.95 bits per heavy atom. The molecule has 3 nitrogen and oxygen atoms in total. The van der Waals surface area contributed by atoms with Crippen LogP contribution in [0.25, 0.3) is 11.3 Å². The van der Waals surface area contributed by atoms with Gasteiger partial charge in [0.1, 0.15) is 5.82 Å². The molecule has 2 aromatic rings. The summed E-state index contributed by atoms with van der Waals surface area (Å²) in [5.74, 6) is 0.958. The predicted octanol–water partition coefficient (Wildman–Crippen LogP) is 3.05. The van der Waals surface area contributed by atoms with Gasteiger partial charge in [0.2, 0.25) is 0 Å². The summed E-state index contributed by atoms with van der Waals surface area (Å²) in [6.07, 6.45) is 3.43. The van der Waals surface area contributed by atoms with E-state index < -0.39 is 0 Å². The highest BCUT2D eigenvalue weighted by atomic mass is 15.0. The van der Waals surface area contributed by atoms with Crippen LogP contribution in [0.4, 0.5) is 0 Å². The summed E-state index contributed by atoms with van der Waals surface area (Å²) in [6.45, 7) is 5.28. The van der Waals surface area contributed by atoms with E-state index >= 15 is 0 Å². The predicted molar refractivity (Wildman–Crippen MR) is 81.7 cm³/mol. The number of benzene rings is 1. The molecule has 20 heavy (non-hydrogen) atoms. The van der Waals surface area contributed by atoms with Crippen molar-refractivity contribution in [3.63, 3.8) is 0 Å². The highest BCUT2D eigenvalue weighted by molar-refractivity contribution is 5.59. The summed E-state index contributed by atoms with van der Waals surface area (Å²) in [6, 6.07) is 11.1. The van der Waals surface area contributed by atoms with Gasteiger partial charge >= 0.3 is 0 Å². The summed E-state index contributed by atoms with van der Waals surface area (Å²) in [4.78, 5) is 9.34. The van der Waals surface area contributed by atoms with Crippen molar-refractivity contribution in [1.29, 1.82) is 0 Å². The maximum Gasteiger partial charge on any atom is 0.130 e. The van der Waals surface area contributed by atoms with Crippen LogP contribution in [0.15, 0.2) is 30.3 Å². The zero-order valence-electron chi connectivity index (χ0n) is 12.2. The molecule has 1 N–H and O–H groups in total. The number of hydrogen-bond donors (Lipinski definition) is 1. The molecule has 1 fully saturated rings. The van der Waals surface area contributed by atoms with Crippen molar-refractivity contribution in [2.24, 2.45) is 0 Å². The largest absolute Gasteiger partial charge is 0.314 e. The molecular formula is C17H21N3. The van der Waals surface area contributed by atoms with Crippen LogP contribution in [-0.2, 0) is 6.42 Å². The quantitative estimate of drug-likeness (QED) is 0.928. The summed E-state index contributed by atoms with van der Waals surface area (Å²) in [5, 5.41) is 3.51. The fourth-order valence-electron chi connectivity index (χ4n) is 2.74. The Morgan fingerprint density at radius 3 is 2.65 bits per heavy atom. The Bertz CT molecular complexity index is 584. The maximum atomic E-state index is 4.75. The Morgan fingerprint density at radius 1 is 1.15 bits per heavy atom. The lowest BCUT2D eigenvalue weighted by Gasteiger charge is -2.11. The first-order valence-electron chi connectivity index (χ1n) is 7.36. The van der Waals surface area contributed by atoms with E-state index in [0.29, 0.717) is 6.04 Å². The van der Waals surface area contributed by atoms with Crippen molar-refractivity contribution in [2.45, 2.75) is 39.2 Å². The normalized spacial score (nSPS) is 18.4. The fourth-order valence-corrected chi connectivity index (χ4v) is 2.74. The van der Waals surface area contributed by atoms with Gasteiger partial charge in [-0.05, 0) is 39.3 Å². The van der Waals surface area contributed by atoms with Gasteiger partial charge in [0.15, 0.2) is 0 Å². The van der Waals surface area contributed by atoms with Gasteiger partial charge in [-0.2, -0.15) is 0 Å². The average molecular weight is 267 g/mol. The van der Waals surface area contributed by atoms with Crippen molar-refractivity contribution in [3.05, 3.63) is 47.4 Å². The third-order valence-electron chi connectivity index (χ3n) is 3.84. The molecule has 0 bridgehead atoms. The number of nitrogens with one attached hydrogen (secondary N) is 1. The van der Waals surface area contributed by atoms with Crippen LogP contribution in [0.3, 0.4) is 0 Å². The minimum atomic E-state index is 0.544. The molecule has 104 valence electrons. The van der Waals surface area contributed by atoms with E-state index in [1.807, 2.05) is 6.92 Å². The highest BCUT2D eigenvalue weighted by Crippen LogP contribution is 2.19. The Labute approximate surface area is 120 Å². The highest BCUT2D eigenvalue weighted by Gasteiger charge is 2.16. The molecule has 0 saturated carbocycles. The first-order valence-corrected chi connectivity index (χ1v) is 7.36. The number of hydrogen-bond acceptors (Lipinski definition) is 3. The van der Waals surface area contributed by atoms with Crippen LogP contribution in [0.2, 0.25) is 0 Å². The molecule has 1 aliphatic heterocycles. The van der Waals surface area contributed by atoms with Crippen LogP contribution in [0, 0.1) is 13.8 Å². The monoisotopic (exact) mass is 267 g/mol.